The number of ether oxygens (including phenoxy) is 1. The molecule has 25 heavy (non-hydrogen) atoms. The zero-order valence-corrected chi connectivity index (χ0v) is 16.9. The fourth-order valence-electron chi connectivity index (χ4n) is 2.95. The molecule has 0 bridgehead atoms. The first-order chi connectivity index (χ1) is 12.1. The highest BCUT2D eigenvalue weighted by Crippen LogP contribution is 2.42. The van der Waals surface area contributed by atoms with Gasteiger partial charge in [0, 0.05) is 23.6 Å². The minimum Gasteiger partial charge on any atom is -0.395 e. The van der Waals surface area contributed by atoms with Gasteiger partial charge in [0.05, 0.1) is 24.2 Å². The maximum absolute atomic E-state index is 9.22. The summed E-state index contributed by atoms with van der Waals surface area (Å²) in [6, 6.07) is 0. The van der Waals surface area contributed by atoms with Gasteiger partial charge >= 0.3 is 0 Å². The second kappa shape index (κ2) is 8.20. The molecule has 3 heterocycles. The lowest BCUT2D eigenvalue weighted by Crippen LogP contribution is -2.34. The lowest BCUT2D eigenvalue weighted by atomic mass is 9.90. The maximum atomic E-state index is 9.22. The Morgan fingerprint density at radius 3 is 2.92 bits per heavy atom. The van der Waals surface area contributed by atoms with Gasteiger partial charge in [0.15, 0.2) is 5.16 Å². The molecule has 5 nitrogen and oxygen atoms in total. The highest BCUT2D eigenvalue weighted by atomic mass is 32.2. The van der Waals surface area contributed by atoms with Gasteiger partial charge in [-0.2, -0.15) is 0 Å². The van der Waals surface area contributed by atoms with E-state index in [1.807, 2.05) is 0 Å². The van der Waals surface area contributed by atoms with Crippen LogP contribution in [-0.4, -0.2) is 39.6 Å². The number of fused-ring (bicyclic) bond motifs is 3. The smallest absolute Gasteiger partial charge is 0.190 e. The molecular formula is C18H27N3O2S2. The molecule has 3 rings (SSSR count). The number of nitrogens with zero attached hydrogens (tertiary/aromatic N) is 2. The number of nitrogens with one attached hydrogen (secondary N) is 1. The third-order valence-electron chi connectivity index (χ3n) is 4.70. The lowest BCUT2D eigenvalue weighted by Gasteiger charge is -2.33. The SMILES string of the molecule is CCCCSc1nc(NCCO)c2c3c(sc2n1)CO[C@@](C)(CC)C3. The molecule has 0 fully saturated rings. The lowest BCUT2D eigenvalue weighted by molar-refractivity contribution is -0.0542. The third-order valence-corrected chi connectivity index (χ3v) is 6.73. The Morgan fingerprint density at radius 1 is 1.36 bits per heavy atom. The van der Waals surface area contributed by atoms with Gasteiger partial charge in [-0.05, 0) is 25.3 Å². The van der Waals surface area contributed by atoms with Gasteiger partial charge < -0.3 is 15.2 Å². The van der Waals surface area contributed by atoms with E-state index in [0.29, 0.717) is 13.2 Å². The minimum absolute atomic E-state index is 0.0892. The van der Waals surface area contributed by atoms with E-state index in [1.54, 1.807) is 23.1 Å². The molecule has 0 amide bonds. The van der Waals surface area contributed by atoms with Gasteiger partial charge in [0.2, 0.25) is 0 Å². The second-order valence-corrected chi connectivity index (χ2v) is 8.81. The molecule has 0 aliphatic carbocycles. The third kappa shape index (κ3) is 4.10. The molecule has 1 aliphatic heterocycles. The van der Waals surface area contributed by atoms with E-state index < -0.39 is 0 Å². The summed E-state index contributed by atoms with van der Waals surface area (Å²) in [5, 5.41) is 14.5. The standard InChI is InChI=1S/C18H27N3O2S2/c1-4-6-9-24-17-20-15(19-7-8-22)14-12-10-18(3,5-2)23-11-13(12)25-16(14)21-17/h22H,4-11H2,1-3H3,(H,19,20,21)/t18-/m0/s1. The summed E-state index contributed by atoms with van der Waals surface area (Å²) >= 11 is 3.43. The molecule has 0 radical (unpaired) electrons. The fraction of sp³-hybridized carbons (Fsp3) is 0.667. The van der Waals surface area contributed by atoms with Crippen LogP contribution in [0.2, 0.25) is 0 Å². The number of thiophene rings is 1. The molecule has 2 N–H and O–H groups in total. The predicted molar refractivity (Wildman–Crippen MR) is 106 cm³/mol. The van der Waals surface area contributed by atoms with Crippen molar-refractivity contribution in [2.45, 2.75) is 63.8 Å². The van der Waals surface area contributed by atoms with Crippen molar-refractivity contribution in [3.05, 3.63) is 10.4 Å². The van der Waals surface area contributed by atoms with Crippen molar-refractivity contribution in [1.82, 2.24) is 9.97 Å². The van der Waals surface area contributed by atoms with Crippen LogP contribution in [0.15, 0.2) is 5.16 Å². The van der Waals surface area contributed by atoms with Crippen molar-refractivity contribution in [2.24, 2.45) is 0 Å². The van der Waals surface area contributed by atoms with Crippen molar-refractivity contribution < 1.29 is 9.84 Å². The number of anilines is 1. The van der Waals surface area contributed by atoms with Crippen LogP contribution in [0, 0.1) is 0 Å². The summed E-state index contributed by atoms with van der Waals surface area (Å²) in [6.07, 6.45) is 4.20. The molecule has 138 valence electrons. The van der Waals surface area contributed by atoms with E-state index in [1.165, 1.54) is 16.9 Å². The molecule has 1 aliphatic rings. The zero-order chi connectivity index (χ0) is 17.9. The van der Waals surface area contributed by atoms with Gasteiger partial charge in [-0.15, -0.1) is 11.3 Å². The molecule has 0 saturated carbocycles. The summed E-state index contributed by atoms with van der Waals surface area (Å²) in [4.78, 5) is 11.9. The highest BCUT2D eigenvalue weighted by Gasteiger charge is 2.33. The average Bonchev–Trinajstić information content (AvgIpc) is 2.97. The number of hydrogen-bond donors (Lipinski definition) is 2. The van der Waals surface area contributed by atoms with Crippen LogP contribution < -0.4 is 5.32 Å². The summed E-state index contributed by atoms with van der Waals surface area (Å²) in [6.45, 7) is 7.78. The molecule has 7 heteroatoms. The van der Waals surface area contributed by atoms with Crippen molar-refractivity contribution in [3.63, 3.8) is 0 Å². The van der Waals surface area contributed by atoms with E-state index in [4.69, 9.17) is 14.7 Å². The van der Waals surface area contributed by atoms with Gasteiger partial charge in [-0.25, -0.2) is 9.97 Å². The van der Waals surface area contributed by atoms with Crippen LogP contribution in [0.4, 0.5) is 5.82 Å². The normalized spacial score (nSPS) is 20.0. The minimum atomic E-state index is -0.121. The predicted octanol–water partition coefficient (Wildman–Crippen LogP) is 4.23. The van der Waals surface area contributed by atoms with E-state index >= 15 is 0 Å². The number of hydrogen-bond acceptors (Lipinski definition) is 7. The molecule has 0 saturated heterocycles. The number of aliphatic hydroxyl groups excluding tert-OH is 1. The Morgan fingerprint density at radius 2 is 2.20 bits per heavy atom. The molecule has 0 unspecified atom stereocenters. The Hall–Kier alpha value is -0.890. The van der Waals surface area contributed by atoms with E-state index in [-0.39, 0.29) is 12.2 Å². The topological polar surface area (TPSA) is 67.3 Å². The van der Waals surface area contributed by atoms with Gasteiger partial charge in [-0.3, -0.25) is 0 Å². The largest absolute Gasteiger partial charge is 0.395 e. The molecule has 2 aromatic heterocycles. The number of thioether (sulfide) groups is 1. The highest BCUT2D eigenvalue weighted by molar-refractivity contribution is 7.99. The zero-order valence-electron chi connectivity index (χ0n) is 15.2. The van der Waals surface area contributed by atoms with Gasteiger partial charge in [-0.1, -0.05) is 32.0 Å². The Balaban J connectivity index is 2.01. The summed E-state index contributed by atoms with van der Waals surface area (Å²) in [7, 11) is 0. The quantitative estimate of drug-likeness (QED) is 0.405. The van der Waals surface area contributed by atoms with E-state index in [0.717, 1.165) is 46.2 Å². The number of rotatable bonds is 8. The van der Waals surface area contributed by atoms with Crippen LogP contribution in [0.25, 0.3) is 10.2 Å². The monoisotopic (exact) mass is 381 g/mol. The molecular weight excluding hydrogens is 354 g/mol. The maximum Gasteiger partial charge on any atom is 0.190 e. The van der Waals surface area contributed by atoms with E-state index in [9.17, 15) is 5.11 Å². The average molecular weight is 382 g/mol. The van der Waals surface area contributed by atoms with Gasteiger partial charge in [0.1, 0.15) is 10.6 Å². The van der Waals surface area contributed by atoms with Crippen molar-refractivity contribution in [3.8, 4) is 0 Å². The van der Waals surface area contributed by atoms with Crippen LogP contribution in [-0.2, 0) is 17.8 Å². The molecule has 1 atom stereocenters. The van der Waals surface area contributed by atoms with Crippen LogP contribution in [0.1, 0.15) is 50.5 Å². The summed E-state index contributed by atoms with van der Waals surface area (Å²) < 4.78 is 6.10. The first-order valence-electron chi connectivity index (χ1n) is 9.04. The van der Waals surface area contributed by atoms with Gasteiger partial charge in [0.25, 0.3) is 0 Å². The number of aromatic nitrogens is 2. The van der Waals surface area contributed by atoms with Crippen LogP contribution in [0.3, 0.4) is 0 Å². The first-order valence-corrected chi connectivity index (χ1v) is 10.8. The van der Waals surface area contributed by atoms with Crippen molar-refractivity contribution >= 4 is 39.1 Å². The fourth-order valence-corrected chi connectivity index (χ4v) is 5.04. The van der Waals surface area contributed by atoms with Crippen LogP contribution in [0.5, 0.6) is 0 Å². The first kappa shape index (κ1) is 18.9. The number of aliphatic hydroxyl groups is 1. The number of unbranched alkanes of at least 4 members (excludes halogenated alkanes) is 1. The summed E-state index contributed by atoms with van der Waals surface area (Å²) in [5.74, 6) is 1.89. The van der Waals surface area contributed by atoms with Crippen molar-refractivity contribution in [1.29, 1.82) is 0 Å². The second-order valence-electron chi connectivity index (χ2n) is 6.66. The van der Waals surface area contributed by atoms with E-state index in [2.05, 4.69) is 26.1 Å². The summed E-state index contributed by atoms with van der Waals surface area (Å²) in [5.41, 5.74) is 1.20. The van der Waals surface area contributed by atoms with Crippen molar-refractivity contribution in [2.75, 3.05) is 24.2 Å². The Kier molecular flexibility index (Phi) is 6.20. The molecule has 2 aromatic rings. The van der Waals surface area contributed by atoms with Crippen LogP contribution >= 0.6 is 23.1 Å². The Bertz CT molecular complexity index is 735. The molecule has 0 spiro atoms. The Labute approximate surface area is 157 Å². The molecule has 0 aromatic carbocycles.